The predicted molar refractivity (Wildman–Crippen MR) is 26.4 cm³/mol. The Morgan fingerprint density at radius 2 is 2.33 bits per heavy atom. The van der Waals surface area contributed by atoms with Gasteiger partial charge in [0.05, 0.1) is 0 Å². The normalized spacial score (nSPS) is 11.8. The third-order valence-electron chi connectivity index (χ3n) is 0.536. The van der Waals surface area contributed by atoms with Gasteiger partial charge in [-0.25, -0.2) is 4.79 Å². The van der Waals surface area contributed by atoms with Crippen LogP contribution in [0.1, 0.15) is 8.35 Å². The van der Waals surface area contributed by atoms with E-state index < -0.39 is 12.3 Å². The molecule has 9 heavy (non-hydrogen) atoms. The van der Waals surface area contributed by atoms with Crippen LogP contribution in [0.2, 0.25) is 0 Å². The van der Waals surface area contributed by atoms with Crippen molar-refractivity contribution in [2.45, 2.75) is 13.2 Å². The molecule has 0 amide bonds. The summed E-state index contributed by atoms with van der Waals surface area (Å²) in [5, 5.41) is 16.2. The minimum Gasteiger partial charge on any atom is -1.00 e. The largest absolute Gasteiger partial charge is 1.00 e. The number of hydrogen-bond acceptors (Lipinski definition) is 3. The van der Waals surface area contributed by atoms with Crippen molar-refractivity contribution in [3.8, 4) is 0 Å². The van der Waals surface area contributed by atoms with E-state index in [0.717, 1.165) is 0 Å². The van der Waals surface area contributed by atoms with Crippen LogP contribution in [0.4, 0.5) is 0 Å². The number of carboxylic acid groups (broad SMARTS) is 1. The summed E-state index contributed by atoms with van der Waals surface area (Å²) in [6.45, 7) is 1.81. The molecule has 0 fully saturated rings. The van der Waals surface area contributed by atoms with E-state index in [1.165, 1.54) is 0 Å². The topological polar surface area (TPSA) is 66.8 Å². The number of aliphatic carboxylic acids is 1. The summed E-state index contributed by atoms with van der Waals surface area (Å²) in [6, 6.07) is 0. The van der Waals surface area contributed by atoms with Crippen LogP contribution in [0.5, 0.6) is 0 Å². The van der Waals surface area contributed by atoms with E-state index in [2.05, 4.69) is 4.74 Å². The van der Waals surface area contributed by atoms with Gasteiger partial charge in [0.15, 0.2) is 0 Å². The van der Waals surface area contributed by atoms with E-state index in [1.54, 1.807) is 6.92 Å². The number of hydrogen-bond donors (Lipinski definition) is 2. The smallest absolute Gasteiger partial charge is 1.00 e. The van der Waals surface area contributed by atoms with Crippen LogP contribution < -0.4 is 29.6 Å². The zero-order valence-electron chi connectivity index (χ0n) is 6.50. The van der Waals surface area contributed by atoms with Crippen molar-refractivity contribution in [1.82, 2.24) is 0 Å². The van der Waals surface area contributed by atoms with Gasteiger partial charge in [-0.05, 0) is 6.92 Å². The minimum atomic E-state index is -1.67. The third-order valence-corrected chi connectivity index (χ3v) is 0.536. The van der Waals surface area contributed by atoms with Crippen LogP contribution >= 0.6 is 0 Å². The molecular formula is C4H9NaO4. The van der Waals surface area contributed by atoms with Crippen molar-refractivity contribution in [2.75, 3.05) is 6.61 Å². The van der Waals surface area contributed by atoms with E-state index in [-0.39, 0.29) is 37.6 Å². The predicted octanol–water partition coefficient (Wildman–Crippen LogP) is -3.46. The Balaban J connectivity index is -0.000000245. The summed E-state index contributed by atoms with van der Waals surface area (Å²) in [4.78, 5) is 9.71. The van der Waals surface area contributed by atoms with Crippen molar-refractivity contribution < 1.29 is 50.7 Å². The van der Waals surface area contributed by atoms with Gasteiger partial charge in [0.1, 0.15) is 0 Å². The quantitative estimate of drug-likeness (QED) is 0.319. The molecule has 1 unspecified atom stereocenters. The van der Waals surface area contributed by atoms with Crippen LogP contribution in [-0.4, -0.2) is 29.1 Å². The molecule has 0 saturated heterocycles. The van der Waals surface area contributed by atoms with Crippen molar-refractivity contribution in [3.05, 3.63) is 0 Å². The molecule has 0 heterocycles. The first-order valence-corrected chi connectivity index (χ1v) is 2.21. The number of carboxylic acids is 1. The second kappa shape index (κ2) is 6.51. The summed E-state index contributed by atoms with van der Waals surface area (Å²) in [7, 11) is 0. The maximum Gasteiger partial charge on any atom is 1.00 e. The maximum absolute atomic E-state index is 9.71. The molecule has 5 heteroatoms. The second-order valence-electron chi connectivity index (χ2n) is 1.15. The standard InChI is InChI=1S/C4H8O4.Na.H/c1-2-8-4(7)3(5)6;;/h4,7H,2H2,1H3,(H,5,6);;/q;+1;-1. The maximum atomic E-state index is 9.71. The second-order valence-corrected chi connectivity index (χ2v) is 1.15. The van der Waals surface area contributed by atoms with Gasteiger partial charge in [0, 0.05) is 6.61 Å². The first-order valence-electron chi connectivity index (χ1n) is 2.21. The number of rotatable bonds is 3. The molecule has 0 aromatic rings. The Labute approximate surface area is 76.6 Å². The number of ether oxygens (including phenoxy) is 1. The molecule has 2 N–H and O–H groups in total. The van der Waals surface area contributed by atoms with E-state index in [4.69, 9.17) is 10.2 Å². The first kappa shape index (κ1) is 12.1. The van der Waals surface area contributed by atoms with Gasteiger partial charge in [0.25, 0.3) is 6.29 Å². The van der Waals surface area contributed by atoms with Crippen molar-refractivity contribution in [2.24, 2.45) is 0 Å². The fourth-order valence-electron chi connectivity index (χ4n) is 0.229. The Kier molecular flexibility index (Phi) is 8.75. The van der Waals surface area contributed by atoms with Crippen LogP contribution in [-0.2, 0) is 9.53 Å². The van der Waals surface area contributed by atoms with Gasteiger partial charge in [-0.2, -0.15) is 0 Å². The number of aliphatic hydroxyl groups excluding tert-OH is 1. The summed E-state index contributed by atoms with van der Waals surface area (Å²) >= 11 is 0. The number of carbonyl (C=O) groups is 1. The first-order chi connectivity index (χ1) is 3.68. The molecule has 4 nitrogen and oxygen atoms in total. The zero-order chi connectivity index (χ0) is 6.57. The molecule has 1 atom stereocenters. The van der Waals surface area contributed by atoms with Crippen LogP contribution in [0, 0.1) is 0 Å². The monoisotopic (exact) mass is 144 g/mol. The van der Waals surface area contributed by atoms with Gasteiger partial charge in [-0.3, -0.25) is 0 Å². The fraction of sp³-hybridized carbons (Fsp3) is 0.750. The summed E-state index contributed by atoms with van der Waals surface area (Å²) < 4.78 is 4.26. The van der Waals surface area contributed by atoms with E-state index in [1.807, 2.05) is 0 Å². The average Bonchev–Trinajstić information content (AvgIpc) is 1.67. The molecular weight excluding hydrogens is 135 g/mol. The molecule has 50 valence electrons. The molecule has 0 aromatic carbocycles. The molecule has 0 aromatic heterocycles. The van der Waals surface area contributed by atoms with Crippen LogP contribution in [0.3, 0.4) is 0 Å². The summed E-state index contributed by atoms with van der Waals surface area (Å²) in [5.74, 6) is -1.35. The Morgan fingerprint density at radius 3 is 2.44 bits per heavy atom. The van der Waals surface area contributed by atoms with E-state index >= 15 is 0 Å². The molecule has 0 aliphatic carbocycles. The van der Waals surface area contributed by atoms with Crippen molar-refractivity contribution >= 4 is 5.97 Å². The Hall–Kier alpha value is 0.390. The van der Waals surface area contributed by atoms with Gasteiger partial charge < -0.3 is 16.4 Å². The molecule has 0 rings (SSSR count). The number of aliphatic hydroxyl groups is 1. The Bertz CT molecular complexity index is 89.3. The molecule has 0 radical (unpaired) electrons. The van der Waals surface area contributed by atoms with Crippen molar-refractivity contribution in [1.29, 1.82) is 0 Å². The van der Waals surface area contributed by atoms with Crippen LogP contribution in [0.15, 0.2) is 0 Å². The van der Waals surface area contributed by atoms with E-state index in [9.17, 15) is 4.79 Å². The summed E-state index contributed by atoms with van der Waals surface area (Å²) in [5.41, 5.74) is 0. The molecule has 0 aliphatic heterocycles. The van der Waals surface area contributed by atoms with Gasteiger partial charge in [-0.15, -0.1) is 0 Å². The summed E-state index contributed by atoms with van der Waals surface area (Å²) in [6.07, 6.45) is -1.67. The van der Waals surface area contributed by atoms with Gasteiger partial charge >= 0.3 is 35.5 Å². The van der Waals surface area contributed by atoms with Gasteiger partial charge in [0.2, 0.25) is 0 Å². The zero-order valence-corrected chi connectivity index (χ0v) is 7.50. The van der Waals surface area contributed by atoms with Crippen LogP contribution in [0.25, 0.3) is 0 Å². The molecule has 0 saturated carbocycles. The van der Waals surface area contributed by atoms with Gasteiger partial charge in [-0.1, -0.05) is 0 Å². The fourth-order valence-corrected chi connectivity index (χ4v) is 0.229. The SMILES string of the molecule is CCOC(O)C(=O)O.[H-].[Na+]. The van der Waals surface area contributed by atoms with Crippen molar-refractivity contribution in [3.63, 3.8) is 0 Å². The molecule has 0 spiro atoms. The molecule has 0 aliphatic rings. The third kappa shape index (κ3) is 6.27. The minimum absolute atomic E-state index is 0. The Morgan fingerprint density at radius 1 is 1.89 bits per heavy atom. The average molecular weight is 144 g/mol. The molecule has 0 bridgehead atoms. The van der Waals surface area contributed by atoms with E-state index in [0.29, 0.717) is 0 Å².